The fourth-order valence-corrected chi connectivity index (χ4v) is 4.05. The molecule has 2 atom stereocenters. The van der Waals surface area contributed by atoms with Gasteiger partial charge in [-0.25, -0.2) is 9.79 Å². The molecule has 3 amide bonds. The summed E-state index contributed by atoms with van der Waals surface area (Å²) in [5.41, 5.74) is 5.14. The third kappa shape index (κ3) is 2.46. The lowest BCUT2D eigenvalue weighted by Crippen LogP contribution is -2.64. The summed E-state index contributed by atoms with van der Waals surface area (Å²) in [6, 6.07) is 5.26. The van der Waals surface area contributed by atoms with Gasteiger partial charge < -0.3 is 9.80 Å². The molecule has 0 bridgehead atoms. The number of hydrogen-bond donors (Lipinski definition) is 0. The minimum atomic E-state index is -0.554. The van der Waals surface area contributed by atoms with Crippen LogP contribution in [0.25, 0.3) is 0 Å². The van der Waals surface area contributed by atoms with Gasteiger partial charge in [0.1, 0.15) is 0 Å². The third-order valence-electron chi connectivity index (χ3n) is 5.63. The molecular formula is C21H25N5O2. The van der Waals surface area contributed by atoms with Crippen molar-refractivity contribution in [2.45, 2.75) is 39.9 Å². The second kappa shape index (κ2) is 6.22. The van der Waals surface area contributed by atoms with Crippen LogP contribution in [0.1, 0.15) is 25.0 Å². The van der Waals surface area contributed by atoms with Gasteiger partial charge in [0.25, 0.3) is 5.91 Å². The Morgan fingerprint density at radius 2 is 1.93 bits per heavy atom. The summed E-state index contributed by atoms with van der Waals surface area (Å²) >= 11 is 0. The molecule has 1 saturated heterocycles. The Labute approximate surface area is 165 Å². The minimum absolute atomic E-state index is 0.220. The van der Waals surface area contributed by atoms with Crippen LogP contribution in [-0.4, -0.2) is 58.4 Å². The van der Waals surface area contributed by atoms with Crippen LogP contribution in [0.2, 0.25) is 0 Å². The second-order valence-electron chi connectivity index (χ2n) is 7.79. The van der Waals surface area contributed by atoms with Crippen LogP contribution in [0.15, 0.2) is 47.2 Å². The van der Waals surface area contributed by atoms with Gasteiger partial charge in [0, 0.05) is 18.9 Å². The number of anilines is 1. The van der Waals surface area contributed by atoms with E-state index in [-0.39, 0.29) is 18.5 Å². The molecule has 0 radical (unpaired) electrons. The molecule has 3 aliphatic rings. The highest BCUT2D eigenvalue weighted by atomic mass is 16.2. The number of allylic oxidation sites excluding steroid dienone is 1. The monoisotopic (exact) mass is 379 g/mol. The number of imide groups is 1. The van der Waals surface area contributed by atoms with Crippen molar-refractivity contribution >= 4 is 23.6 Å². The quantitative estimate of drug-likeness (QED) is 0.758. The van der Waals surface area contributed by atoms with E-state index in [1.807, 2.05) is 31.0 Å². The fraction of sp³-hybridized carbons (Fsp3) is 0.381. The van der Waals surface area contributed by atoms with Crippen molar-refractivity contribution in [2.75, 3.05) is 18.5 Å². The maximum Gasteiger partial charge on any atom is 0.328 e. The van der Waals surface area contributed by atoms with Gasteiger partial charge in [0.15, 0.2) is 12.2 Å². The van der Waals surface area contributed by atoms with Crippen molar-refractivity contribution in [1.82, 2.24) is 14.7 Å². The van der Waals surface area contributed by atoms with Gasteiger partial charge in [-0.15, -0.1) is 0 Å². The molecule has 1 fully saturated rings. The van der Waals surface area contributed by atoms with Crippen LogP contribution >= 0.6 is 0 Å². The van der Waals surface area contributed by atoms with Crippen LogP contribution in [0.3, 0.4) is 0 Å². The zero-order valence-electron chi connectivity index (χ0n) is 16.9. The lowest BCUT2D eigenvalue weighted by molar-refractivity contribution is -0.136. The first-order chi connectivity index (χ1) is 13.2. The van der Waals surface area contributed by atoms with E-state index in [1.165, 1.54) is 10.5 Å². The number of nitrogens with zero attached hydrogens (tertiary/aromatic N) is 5. The molecule has 0 aliphatic carbocycles. The Hall–Kier alpha value is -3.09. The molecule has 4 rings (SSSR count). The second-order valence-corrected chi connectivity index (χ2v) is 7.79. The van der Waals surface area contributed by atoms with Crippen molar-refractivity contribution < 1.29 is 9.59 Å². The van der Waals surface area contributed by atoms with E-state index >= 15 is 0 Å². The molecule has 1 aromatic rings. The van der Waals surface area contributed by atoms with E-state index in [4.69, 9.17) is 4.99 Å². The number of carbonyl (C=O) groups is 2. The number of rotatable bonds is 3. The van der Waals surface area contributed by atoms with E-state index in [2.05, 4.69) is 37.5 Å². The van der Waals surface area contributed by atoms with Crippen molar-refractivity contribution in [3.63, 3.8) is 0 Å². The zero-order chi connectivity index (χ0) is 20.3. The number of guanidine groups is 1. The van der Waals surface area contributed by atoms with Gasteiger partial charge in [0.05, 0.1) is 12.2 Å². The van der Waals surface area contributed by atoms with E-state index in [1.54, 1.807) is 11.9 Å². The van der Waals surface area contributed by atoms with E-state index in [9.17, 15) is 9.59 Å². The van der Waals surface area contributed by atoms with E-state index < -0.39 is 12.2 Å². The molecule has 28 heavy (non-hydrogen) atoms. The van der Waals surface area contributed by atoms with Crippen LogP contribution < -0.4 is 4.90 Å². The van der Waals surface area contributed by atoms with Crippen LogP contribution in [-0.2, 0) is 4.79 Å². The van der Waals surface area contributed by atoms with Crippen LogP contribution in [0.5, 0.6) is 0 Å². The maximum atomic E-state index is 13.2. The molecule has 0 aromatic heterocycles. The Morgan fingerprint density at radius 3 is 2.61 bits per heavy atom. The number of benzene rings is 1. The number of aryl methyl sites for hydroxylation is 1. The van der Waals surface area contributed by atoms with Crippen molar-refractivity contribution in [1.29, 1.82) is 0 Å². The molecule has 1 aromatic carbocycles. The highest BCUT2D eigenvalue weighted by Crippen LogP contribution is 2.38. The topological polar surface area (TPSA) is 59.5 Å². The fourth-order valence-electron chi connectivity index (χ4n) is 4.05. The molecule has 146 valence electrons. The first-order valence-electron chi connectivity index (χ1n) is 9.36. The molecular weight excluding hydrogens is 354 g/mol. The van der Waals surface area contributed by atoms with Crippen molar-refractivity contribution in [2.24, 2.45) is 4.99 Å². The number of hydrogen-bond acceptors (Lipinski definition) is 5. The lowest BCUT2D eigenvalue weighted by Gasteiger charge is -2.40. The number of aliphatic imine (C=N–C) groups is 1. The summed E-state index contributed by atoms with van der Waals surface area (Å²) in [6.07, 6.45) is 1.42. The Balaban J connectivity index is 1.75. The summed E-state index contributed by atoms with van der Waals surface area (Å²) in [7, 11) is 1.70. The molecule has 0 N–H and O–H groups in total. The van der Waals surface area contributed by atoms with Gasteiger partial charge in [-0.3, -0.25) is 14.6 Å². The van der Waals surface area contributed by atoms with Crippen LogP contribution in [0, 0.1) is 13.8 Å². The minimum Gasteiger partial charge on any atom is -0.302 e. The Morgan fingerprint density at radius 1 is 1.21 bits per heavy atom. The van der Waals surface area contributed by atoms with Crippen molar-refractivity contribution in [3.8, 4) is 0 Å². The van der Waals surface area contributed by atoms with E-state index in [0.717, 1.165) is 22.5 Å². The number of fused-ring (bicyclic) bond motifs is 3. The molecule has 7 heteroatoms. The summed E-state index contributed by atoms with van der Waals surface area (Å²) in [4.78, 5) is 37.5. The number of amides is 3. The average molecular weight is 379 g/mol. The summed E-state index contributed by atoms with van der Waals surface area (Å²) in [5.74, 6) is 0.452. The smallest absolute Gasteiger partial charge is 0.302 e. The SMILES string of the molecule is C=C(C)CN1C(=O)C2C(N=C3N(c4cccc(C)c4C)C(C)=CN32)N(C)C1=O. The Bertz CT molecular complexity index is 964. The zero-order valence-corrected chi connectivity index (χ0v) is 16.9. The van der Waals surface area contributed by atoms with Gasteiger partial charge >= 0.3 is 6.03 Å². The number of carbonyl (C=O) groups excluding carboxylic acids is 2. The Kier molecular flexibility index (Phi) is 4.06. The van der Waals surface area contributed by atoms with E-state index in [0.29, 0.717) is 5.96 Å². The molecule has 0 spiro atoms. The molecule has 0 saturated carbocycles. The lowest BCUT2D eigenvalue weighted by atomic mass is 10.1. The predicted octanol–water partition coefficient (Wildman–Crippen LogP) is 2.82. The predicted molar refractivity (Wildman–Crippen MR) is 109 cm³/mol. The molecule has 7 nitrogen and oxygen atoms in total. The number of urea groups is 1. The first-order valence-corrected chi connectivity index (χ1v) is 9.36. The van der Waals surface area contributed by atoms with Gasteiger partial charge in [0.2, 0.25) is 5.96 Å². The van der Waals surface area contributed by atoms with Crippen LogP contribution in [0.4, 0.5) is 10.5 Å². The highest BCUT2D eigenvalue weighted by Gasteiger charge is 2.54. The van der Waals surface area contributed by atoms with Gasteiger partial charge in [-0.05, 0) is 44.9 Å². The maximum absolute atomic E-state index is 13.2. The first kappa shape index (κ1) is 18.3. The largest absolute Gasteiger partial charge is 0.328 e. The summed E-state index contributed by atoms with van der Waals surface area (Å²) in [5, 5.41) is 0. The normalized spacial score (nSPS) is 23.8. The van der Waals surface area contributed by atoms with Gasteiger partial charge in [-0.1, -0.05) is 24.3 Å². The highest BCUT2D eigenvalue weighted by molar-refractivity contribution is 6.10. The molecule has 3 heterocycles. The third-order valence-corrected chi connectivity index (χ3v) is 5.63. The molecule has 2 unspecified atom stereocenters. The van der Waals surface area contributed by atoms with Crippen molar-refractivity contribution in [3.05, 3.63) is 53.4 Å². The number of likely N-dealkylation sites (N-methyl/N-ethyl adjacent to an activating group) is 1. The standard InChI is InChI=1S/C21H25N5O2/c1-12(2)10-25-19(27)17-18(23(6)21(25)28)22-20-24(17)11-14(4)26(20)16-9-7-8-13(3)15(16)5/h7-9,11,17-18H,1,10H2,2-6H3. The van der Waals surface area contributed by atoms with Gasteiger partial charge in [-0.2, -0.15) is 0 Å². The summed E-state index contributed by atoms with van der Waals surface area (Å²) in [6.45, 7) is 12.0. The molecule has 3 aliphatic heterocycles. The average Bonchev–Trinajstić information content (AvgIpc) is 3.14. The summed E-state index contributed by atoms with van der Waals surface area (Å²) < 4.78 is 0.